The molecular formula is C29H52O2Si. The van der Waals surface area contributed by atoms with Crippen LogP contribution in [0, 0.1) is 40.4 Å². The summed E-state index contributed by atoms with van der Waals surface area (Å²) in [6, 6.07) is 0. The summed E-state index contributed by atoms with van der Waals surface area (Å²) in [5.74, 6) is 4.43. The molecule has 4 rings (SSSR count). The molecule has 184 valence electrons. The zero-order chi connectivity index (χ0) is 23.3. The topological polar surface area (TPSA) is 29.5 Å². The second-order valence-electron chi connectivity index (χ2n) is 13.8. The minimum Gasteiger partial charge on any atom is -0.414 e. The van der Waals surface area contributed by atoms with Gasteiger partial charge in [-0.25, -0.2) is 0 Å². The lowest BCUT2D eigenvalue weighted by atomic mass is 9.47. The van der Waals surface area contributed by atoms with Crippen molar-refractivity contribution in [1.82, 2.24) is 0 Å². The van der Waals surface area contributed by atoms with Gasteiger partial charge in [0.2, 0.25) is 0 Å². The van der Waals surface area contributed by atoms with E-state index in [1.54, 1.807) is 5.57 Å². The van der Waals surface area contributed by atoms with E-state index in [-0.39, 0.29) is 6.10 Å². The molecule has 4 aliphatic rings. The van der Waals surface area contributed by atoms with E-state index in [2.05, 4.69) is 46.5 Å². The second kappa shape index (κ2) is 9.15. The van der Waals surface area contributed by atoms with Crippen LogP contribution in [-0.4, -0.2) is 25.6 Å². The van der Waals surface area contributed by atoms with E-state index in [1.807, 2.05) is 6.92 Å². The molecule has 3 fully saturated rings. The summed E-state index contributed by atoms with van der Waals surface area (Å²) in [5.41, 5.74) is 2.74. The Bertz CT molecular complexity index is 694. The van der Waals surface area contributed by atoms with E-state index in [0.717, 1.165) is 36.0 Å². The van der Waals surface area contributed by atoms with Gasteiger partial charge < -0.3 is 9.53 Å². The number of rotatable bonds is 7. The zero-order valence-electron chi connectivity index (χ0n) is 22.3. The Labute approximate surface area is 200 Å². The quantitative estimate of drug-likeness (QED) is 0.308. The molecule has 2 nitrogen and oxygen atoms in total. The van der Waals surface area contributed by atoms with Crippen molar-refractivity contribution in [3.05, 3.63) is 11.6 Å². The summed E-state index contributed by atoms with van der Waals surface area (Å²) in [4.78, 5) is 0. The molecule has 1 N–H and O–H groups in total. The van der Waals surface area contributed by atoms with Gasteiger partial charge in [-0.05, 0) is 125 Å². The standard InChI is InChI=1S/C29H52O2Si/c1-20(9-8-10-21(2)30)25-13-14-26-24-12-11-22-19-23(31-32(5,6)7)15-17-28(22,3)27(24)16-18-29(25,26)4/h11,20-21,23-27,30H,8-10,12-19H2,1-7H3/t20-,21+,23+,24+,25-,26+,27+,28+,29-/m1/s1. The first-order chi connectivity index (χ1) is 14.9. The first-order valence-electron chi connectivity index (χ1n) is 14.0. The molecule has 0 aliphatic heterocycles. The lowest BCUT2D eigenvalue weighted by molar-refractivity contribution is -0.0563. The van der Waals surface area contributed by atoms with Crippen LogP contribution < -0.4 is 0 Å². The van der Waals surface area contributed by atoms with Crippen molar-refractivity contribution < 1.29 is 9.53 Å². The van der Waals surface area contributed by atoms with Gasteiger partial charge in [0, 0.05) is 6.10 Å². The van der Waals surface area contributed by atoms with Crippen LogP contribution in [-0.2, 0) is 4.43 Å². The predicted octanol–water partition coefficient (Wildman–Crippen LogP) is 7.97. The Morgan fingerprint density at radius 1 is 1.03 bits per heavy atom. The van der Waals surface area contributed by atoms with Crippen LogP contribution in [0.5, 0.6) is 0 Å². The normalized spacial score (nSPS) is 43.6. The number of allylic oxidation sites excluding steroid dienone is 1. The van der Waals surface area contributed by atoms with Crippen molar-refractivity contribution in [3.8, 4) is 0 Å². The highest BCUT2D eigenvalue weighted by molar-refractivity contribution is 6.69. The molecule has 9 atom stereocenters. The van der Waals surface area contributed by atoms with Crippen LogP contribution in [0.25, 0.3) is 0 Å². The van der Waals surface area contributed by atoms with Crippen LogP contribution in [0.4, 0.5) is 0 Å². The fourth-order valence-corrected chi connectivity index (χ4v) is 10.3. The van der Waals surface area contributed by atoms with Crippen molar-refractivity contribution in [2.24, 2.45) is 40.4 Å². The van der Waals surface area contributed by atoms with E-state index in [0.29, 0.717) is 16.9 Å². The summed E-state index contributed by atoms with van der Waals surface area (Å²) in [5, 5.41) is 9.68. The Hall–Kier alpha value is -0.123. The molecule has 0 spiro atoms. The van der Waals surface area contributed by atoms with Crippen LogP contribution in [0.1, 0.15) is 98.3 Å². The van der Waals surface area contributed by atoms with Crippen LogP contribution in [0.2, 0.25) is 19.6 Å². The molecule has 32 heavy (non-hydrogen) atoms. The average molecular weight is 461 g/mol. The van der Waals surface area contributed by atoms with Crippen LogP contribution >= 0.6 is 0 Å². The first-order valence-corrected chi connectivity index (χ1v) is 17.4. The van der Waals surface area contributed by atoms with Crippen molar-refractivity contribution in [3.63, 3.8) is 0 Å². The summed E-state index contributed by atoms with van der Waals surface area (Å²) in [7, 11) is -1.46. The van der Waals surface area contributed by atoms with Crippen molar-refractivity contribution in [2.75, 3.05) is 0 Å². The van der Waals surface area contributed by atoms with Gasteiger partial charge in [0.25, 0.3) is 0 Å². The summed E-state index contributed by atoms with van der Waals surface area (Å²) >= 11 is 0. The van der Waals surface area contributed by atoms with E-state index in [1.165, 1.54) is 64.2 Å². The van der Waals surface area contributed by atoms with Gasteiger partial charge in [-0.2, -0.15) is 0 Å². The smallest absolute Gasteiger partial charge is 0.184 e. The maximum absolute atomic E-state index is 9.68. The number of aliphatic hydroxyl groups is 1. The molecule has 4 aliphatic carbocycles. The summed E-state index contributed by atoms with van der Waals surface area (Å²) in [6.07, 6.45) is 17.4. The van der Waals surface area contributed by atoms with Crippen LogP contribution in [0.3, 0.4) is 0 Å². The van der Waals surface area contributed by atoms with Gasteiger partial charge >= 0.3 is 0 Å². The molecule has 0 unspecified atom stereocenters. The first kappa shape index (κ1) is 25.0. The molecule has 0 heterocycles. The van der Waals surface area contributed by atoms with Gasteiger partial charge in [-0.1, -0.05) is 45.3 Å². The largest absolute Gasteiger partial charge is 0.414 e. The van der Waals surface area contributed by atoms with E-state index in [9.17, 15) is 5.11 Å². The van der Waals surface area contributed by atoms with E-state index in [4.69, 9.17) is 4.43 Å². The Kier molecular flexibility index (Phi) is 7.15. The number of hydrogen-bond acceptors (Lipinski definition) is 2. The fourth-order valence-electron chi connectivity index (χ4n) is 9.14. The minimum atomic E-state index is -1.46. The lowest BCUT2D eigenvalue weighted by Gasteiger charge is -2.58. The molecule has 0 aromatic rings. The third-order valence-electron chi connectivity index (χ3n) is 10.6. The Morgan fingerprint density at radius 3 is 2.47 bits per heavy atom. The third kappa shape index (κ3) is 4.69. The van der Waals surface area contributed by atoms with Crippen molar-refractivity contribution in [2.45, 2.75) is 130 Å². The highest BCUT2D eigenvalue weighted by Crippen LogP contribution is 2.67. The van der Waals surface area contributed by atoms with Gasteiger partial charge in [0.05, 0.1) is 6.10 Å². The molecule has 0 amide bonds. The van der Waals surface area contributed by atoms with Gasteiger partial charge in [0.1, 0.15) is 0 Å². The summed E-state index contributed by atoms with van der Waals surface area (Å²) in [6.45, 7) is 16.8. The van der Waals surface area contributed by atoms with E-state index >= 15 is 0 Å². The lowest BCUT2D eigenvalue weighted by Crippen LogP contribution is -2.51. The molecule has 3 saturated carbocycles. The van der Waals surface area contributed by atoms with Crippen molar-refractivity contribution >= 4 is 8.32 Å². The van der Waals surface area contributed by atoms with Gasteiger partial charge in [0.15, 0.2) is 8.32 Å². The molecule has 3 heteroatoms. The molecule has 0 radical (unpaired) electrons. The maximum Gasteiger partial charge on any atom is 0.184 e. The SMILES string of the molecule is C[C@H](O)CCC[C@@H](C)[C@H]1CC[C@H]2[C@@H]3CC=C4C[C@@H](O[Si](C)(C)C)CC[C@]4(C)[C@H]3CC[C@]12C. The average Bonchev–Trinajstić information content (AvgIpc) is 3.04. The number of hydrogen-bond donors (Lipinski definition) is 1. The highest BCUT2D eigenvalue weighted by Gasteiger charge is 2.59. The van der Waals surface area contributed by atoms with Crippen LogP contribution in [0.15, 0.2) is 11.6 Å². The molecule has 0 bridgehead atoms. The fraction of sp³-hybridized carbons (Fsp3) is 0.931. The third-order valence-corrected chi connectivity index (χ3v) is 11.7. The Balaban J connectivity index is 1.46. The number of fused-ring (bicyclic) bond motifs is 5. The molecule has 0 aromatic carbocycles. The maximum atomic E-state index is 9.68. The van der Waals surface area contributed by atoms with Gasteiger partial charge in [-0.15, -0.1) is 0 Å². The second-order valence-corrected chi connectivity index (χ2v) is 18.3. The highest BCUT2D eigenvalue weighted by atomic mass is 28.4. The Morgan fingerprint density at radius 2 is 1.78 bits per heavy atom. The van der Waals surface area contributed by atoms with Gasteiger partial charge in [-0.3, -0.25) is 0 Å². The molecule has 0 saturated heterocycles. The molecular weight excluding hydrogens is 408 g/mol. The minimum absolute atomic E-state index is 0.139. The van der Waals surface area contributed by atoms with Crippen molar-refractivity contribution in [1.29, 1.82) is 0 Å². The monoisotopic (exact) mass is 460 g/mol. The van der Waals surface area contributed by atoms with E-state index < -0.39 is 8.32 Å². The summed E-state index contributed by atoms with van der Waals surface area (Å²) < 4.78 is 6.56. The number of aliphatic hydroxyl groups excluding tert-OH is 1. The molecule has 0 aromatic heterocycles. The zero-order valence-corrected chi connectivity index (χ0v) is 23.3. The predicted molar refractivity (Wildman–Crippen MR) is 138 cm³/mol.